The van der Waals surface area contributed by atoms with E-state index in [1.165, 1.54) is 0 Å². The molecule has 0 bridgehead atoms. The van der Waals surface area contributed by atoms with Gasteiger partial charge in [-0.05, 0) is 19.1 Å². The molecule has 0 amide bonds. The minimum atomic E-state index is -4.33. The lowest BCUT2D eigenvalue weighted by Gasteiger charge is -2.03. The van der Waals surface area contributed by atoms with Gasteiger partial charge in [-0.15, -0.1) is 0 Å². The first kappa shape index (κ1) is 12.8. The van der Waals surface area contributed by atoms with Crippen molar-refractivity contribution in [1.82, 2.24) is 9.97 Å². The average molecular weight is 273 g/mol. The number of alkyl halides is 3. The van der Waals surface area contributed by atoms with Gasteiger partial charge < -0.3 is 5.32 Å². The summed E-state index contributed by atoms with van der Waals surface area (Å²) in [5.41, 5.74) is 1.63. The monoisotopic (exact) mass is 273 g/mol. The van der Waals surface area contributed by atoms with Crippen molar-refractivity contribution in [2.45, 2.75) is 19.6 Å². The highest BCUT2D eigenvalue weighted by Crippen LogP contribution is 2.35. The number of aromatic nitrogens is 2. The lowest BCUT2D eigenvalue weighted by atomic mass is 10.3. The number of thiazole rings is 1. The Morgan fingerprint density at radius 2 is 2.11 bits per heavy atom. The Balaban J connectivity index is 2.01. The Bertz CT molecular complexity index is 536. The van der Waals surface area contributed by atoms with Gasteiger partial charge in [-0.25, -0.2) is 4.98 Å². The van der Waals surface area contributed by atoms with Gasteiger partial charge >= 0.3 is 6.18 Å². The second-order valence-electron chi connectivity index (χ2n) is 3.65. The Morgan fingerprint density at radius 1 is 1.33 bits per heavy atom. The van der Waals surface area contributed by atoms with Crippen molar-refractivity contribution in [3.05, 3.63) is 40.7 Å². The van der Waals surface area contributed by atoms with E-state index in [1.54, 1.807) is 6.07 Å². The Labute approximate surface area is 106 Å². The summed E-state index contributed by atoms with van der Waals surface area (Å²) in [5.74, 6) is 0. The van der Waals surface area contributed by atoms with E-state index in [1.807, 2.05) is 19.1 Å². The van der Waals surface area contributed by atoms with E-state index >= 15 is 0 Å². The first-order valence-electron chi connectivity index (χ1n) is 5.14. The zero-order valence-corrected chi connectivity index (χ0v) is 10.3. The molecule has 7 heteroatoms. The molecule has 0 fully saturated rings. The highest BCUT2D eigenvalue weighted by atomic mass is 32.1. The van der Waals surface area contributed by atoms with Crippen molar-refractivity contribution in [2.24, 2.45) is 0 Å². The third-order valence-corrected chi connectivity index (χ3v) is 3.15. The van der Waals surface area contributed by atoms with Gasteiger partial charge in [-0.1, -0.05) is 17.4 Å². The van der Waals surface area contributed by atoms with E-state index in [9.17, 15) is 13.2 Å². The molecule has 2 aromatic rings. The summed E-state index contributed by atoms with van der Waals surface area (Å²) < 4.78 is 37.0. The molecule has 2 aromatic heterocycles. The zero-order chi connectivity index (χ0) is 13.2. The maximum Gasteiger partial charge on any atom is 0.427 e. The van der Waals surface area contributed by atoms with Gasteiger partial charge in [0.25, 0.3) is 0 Å². The van der Waals surface area contributed by atoms with Crippen LogP contribution in [0.25, 0.3) is 0 Å². The smallest absolute Gasteiger partial charge is 0.356 e. The van der Waals surface area contributed by atoms with Crippen molar-refractivity contribution in [3.63, 3.8) is 0 Å². The highest BCUT2D eigenvalue weighted by Gasteiger charge is 2.33. The van der Waals surface area contributed by atoms with Gasteiger partial charge in [0.2, 0.25) is 0 Å². The predicted molar refractivity (Wildman–Crippen MR) is 63.4 cm³/mol. The van der Waals surface area contributed by atoms with Gasteiger partial charge in [0.15, 0.2) is 5.13 Å². The van der Waals surface area contributed by atoms with Gasteiger partial charge in [0.1, 0.15) is 4.88 Å². The highest BCUT2D eigenvalue weighted by molar-refractivity contribution is 7.15. The van der Waals surface area contributed by atoms with Gasteiger partial charge in [-0.2, -0.15) is 13.2 Å². The van der Waals surface area contributed by atoms with Crippen LogP contribution in [0.1, 0.15) is 16.3 Å². The summed E-state index contributed by atoms with van der Waals surface area (Å²) in [7, 11) is 0. The molecule has 0 aliphatic carbocycles. The van der Waals surface area contributed by atoms with E-state index in [0.29, 0.717) is 17.9 Å². The van der Waals surface area contributed by atoms with Crippen LogP contribution in [0, 0.1) is 6.92 Å². The fraction of sp³-hybridized carbons (Fsp3) is 0.273. The Kier molecular flexibility index (Phi) is 3.51. The summed E-state index contributed by atoms with van der Waals surface area (Å²) in [4.78, 5) is 7.21. The molecule has 18 heavy (non-hydrogen) atoms. The molecule has 0 radical (unpaired) electrons. The molecule has 0 saturated heterocycles. The van der Waals surface area contributed by atoms with Gasteiger partial charge in [0.05, 0.1) is 18.4 Å². The van der Waals surface area contributed by atoms with Crippen LogP contribution >= 0.6 is 11.3 Å². The van der Waals surface area contributed by atoms with Gasteiger partial charge in [-0.3, -0.25) is 4.98 Å². The molecule has 1 N–H and O–H groups in total. The zero-order valence-electron chi connectivity index (χ0n) is 9.45. The fourth-order valence-corrected chi connectivity index (χ4v) is 2.03. The first-order chi connectivity index (χ1) is 8.45. The number of hydrogen-bond acceptors (Lipinski definition) is 4. The maximum atomic E-state index is 12.3. The van der Waals surface area contributed by atoms with E-state index in [2.05, 4.69) is 15.3 Å². The van der Waals surface area contributed by atoms with Crippen LogP contribution in [-0.2, 0) is 12.7 Å². The van der Waals surface area contributed by atoms with Crippen LogP contribution < -0.4 is 5.32 Å². The number of nitrogens with one attached hydrogen (secondary N) is 1. The van der Waals surface area contributed by atoms with Crippen molar-refractivity contribution < 1.29 is 13.2 Å². The largest absolute Gasteiger partial charge is 0.427 e. The maximum absolute atomic E-state index is 12.3. The normalized spacial score (nSPS) is 11.6. The quantitative estimate of drug-likeness (QED) is 0.930. The van der Waals surface area contributed by atoms with Crippen molar-refractivity contribution >= 4 is 16.5 Å². The number of rotatable bonds is 3. The summed E-state index contributed by atoms with van der Waals surface area (Å²) >= 11 is 0.588. The number of halogens is 3. The number of nitrogens with zero attached hydrogens (tertiary/aromatic N) is 2. The molecule has 0 saturated carbocycles. The van der Waals surface area contributed by atoms with Crippen LogP contribution in [0.15, 0.2) is 24.4 Å². The molecule has 2 rings (SSSR count). The second-order valence-corrected chi connectivity index (χ2v) is 4.68. The second kappa shape index (κ2) is 4.93. The van der Waals surface area contributed by atoms with Crippen molar-refractivity contribution in [1.29, 1.82) is 0 Å². The van der Waals surface area contributed by atoms with Gasteiger partial charge in [0, 0.05) is 5.69 Å². The summed E-state index contributed by atoms with van der Waals surface area (Å²) in [5, 5.41) is 3.07. The van der Waals surface area contributed by atoms with Crippen LogP contribution in [0.4, 0.5) is 18.3 Å². The average Bonchev–Trinajstić information content (AvgIpc) is 2.74. The number of pyridine rings is 1. The van der Waals surface area contributed by atoms with E-state index in [0.717, 1.165) is 17.6 Å². The first-order valence-corrected chi connectivity index (χ1v) is 5.96. The molecule has 2 heterocycles. The minimum absolute atomic E-state index is 0.241. The molecule has 0 aliphatic rings. The lowest BCUT2D eigenvalue weighted by molar-refractivity contribution is -0.134. The third-order valence-electron chi connectivity index (χ3n) is 2.15. The van der Waals surface area contributed by atoms with Crippen molar-refractivity contribution in [3.8, 4) is 0 Å². The van der Waals surface area contributed by atoms with Crippen molar-refractivity contribution in [2.75, 3.05) is 5.32 Å². The number of aryl methyl sites for hydroxylation is 1. The standard InChI is InChI=1S/C11H10F3N3S/c1-7-3-2-4-8(17-7)5-15-10-16-6-9(18-10)11(12,13)14/h2-4,6H,5H2,1H3,(H,15,16). The molecule has 0 unspecified atom stereocenters. The molecule has 0 aromatic carbocycles. The van der Waals surface area contributed by atoms with E-state index in [4.69, 9.17) is 0 Å². The molecular formula is C11H10F3N3S. The number of hydrogen-bond donors (Lipinski definition) is 1. The van der Waals surface area contributed by atoms with E-state index in [-0.39, 0.29) is 5.13 Å². The summed E-state index contributed by atoms with van der Waals surface area (Å²) in [6.07, 6.45) is -3.50. The summed E-state index contributed by atoms with van der Waals surface area (Å²) in [6, 6.07) is 5.51. The summed E-state index contributed by atoms with van der Waals surface area (Å²) in [6.45, 7) is 2.21. The van der Waals surface area contributed by atoms with Crippen LogP contribution in [-0.4, -0.2) is 9.97 Å². The predicted octanol–water partition coefficient (Wildman–Crippen LogP) is 3.48. The molecule has 96 valence electrons. The fourth-order valence-electron chi connectivity index (χ4n) is 1.35. The SMILES string of the molecule is Cc1cccc(CNc2ncc(C(F)(F)F)s2)n1. The van der Waals surface area contributed by atoms with Crippen LogP contribution in [0.3, 0.4) is 0 Å². The van der Waals surface area contributed by atoms with E-state index < -0.39 is 11.1 Å². The minimum Gasteiger partial charge on any atom is -0.356 e. The molecule has 0 atom stereocenters. The lowest BCUT2D eigenvalue weighted by Crippen LogP contribution is -2.02. The Morgan fingerprint density at radius 3 is 2.72 bits per heavy atom. The molecular weight excluding hydrogens is 263 g/mol. The topological polar surface area (TPSA) is 37.8 Å². The Hall–Kier alpha value is -1.63. The third kappa shape index (κ3) is 3.19. The molecule has 3 nitrogen and oxygen atoms in total. The number of anilines is 1. The molecule has 0 aliphatic heterocycles. The van der Waals surface area contributed by atoms with Crippen LogP contribution in [0.5, 0.6) is 0 Å². The molecule has 0 spiro atoms. The van der Waals surface area contributed by atoms with Crippen LogP contribution in [0.2, 0.25) is 0 Å².